The van der Waals surface area contributed by atoms with E-state index in [0.717, 1.165) is 16.8 Å². The second kappa shape index (κ2) is 9.06. The predicted octanol–water partition coefficient (Wildman–Crippen LogP) is 5.85. The van der Waals surface area contributed by atoms with E-state index in [-0.39, 0.29) is 5.91 Å². The highest BCUT2D eigenvalue weighted by molar-refractivity contribution is 7.80. The number of nitrogens with zero attached hydrogens (tertiary/aromatic N) is 1. The van der Waals surface area contributed by atoms with Crippen molar-refractivity contribution in [1.29, 1.82) is 0 Å². The summed E-state index contributed by atoms with van der Waals surface area (Å²) >= 11 is 11.9. The van der Waals surface area contributed by atoms with Gasteiger partial charge in [-0.1, -0.05) is 35.9 Å². The summed E-state index contributed by atoms with van der Waals surface area (Å²) in [6.45, 7) is 6.35. The van der Waals surface area contributed by atoms with Crippen LogP contribution in [0.5, 0.6) is 11.5 Å². The van der Waals surface area contributed by atoms with E-state index >= 15 is 0 Å². The third-order valence-electron chi connectivity index (χ3n) is 6.44. The van der Waals surface area contributed by atoms with Crippen LogP contribution in [0.1, 0.15) is 31.0 Å². The third kappa shape index (κ3) is 4.09. The molecule has 0 radical (unpaired) electrons. The molecule has 3 aromatic carbocycles. The number of para-hydroxylation sites is 1. The van der Waals surface area contributed by atoms with E-state index in [1.165, 1.54) is 0 Å². The van der Waals surface area contributed by atoms with Crippen molar-refractivity contribution in [2.24, 2.45) is 5.92 Å². The maximum Gasteiger partial charge on any atom is 0.236 e. The Bertz CT molecular complexity index is 1300. The standard InChI is InChI=1S/C27H26ClN3O3S/c1-4-33-21-10-6-9-20-23-22(25(32)29-18-13-11-17(28)12-14-18)27(3,34-24(20)21)31(26(35)30-23)19-8-5-7-16(2)15-19/h5-15,22-23H,4H2,1-3H3,(H,29,32)(H,30,35)/t22-,23+,27-/m0/s1. The molecule has 1 fully saturated rings. The Kier molecular flexibility index (Phi) is 6.07. The van der Waals surface area contributed by atoms with E-state index < -0.39 is 17.7 Å². The average molecular weight is 508 g/mol. The van der Waals surface area contributed by atoms with Gasteiger partial charge in [-0.2, -0.15) is 0 Å². The van der Waals surface area contributed by atoms with Crippen LogP contribution in [0.25, 0.3) is 0 Å². The monoisotopic (exact) mass is 507 g/mol. The van der Waals surface area contributed by atoms with Gasteiger partial charge in [0.2, 0.25) is 5.91 Å². The van der Waals surface area contributed by atoms with E-state index in [0.29, 0.717) is 33.9 Å². The van der Waals surface area contributed by atoms with Crippen molar-refractivity contribution in [2.75, 3.05) is 16.8 Å². The van der Waals surface area contributed by atoms with Crippen LogP contribution in [0.3, 0.4) is 0 Å². The van der Waals surface area contributed by atoms with Crippen molar-refractivity contribution in [3.63, 3.8) is 0 Å². The number of anilines is 2. The molecule has 0 aromatic heterocycles. The molecule has 3 atom stereocenters. The molecule has 5 rings (SSSR count). The minimum atomic E-state index is -1.13. The molecule has 1 amide bonds. The number of hydrogen-bond acceptors (Lipinski definition) is 4. The first-order chi connectivity index (χ1) is 16.8. The van der Waals surface area contributed by atoms with Gasteiger partial charge in [0, 0.05) is 22.0 Å². The van der Waals surface area contributed by atoms with Crippen LogP contribution in [0, 0.1) is 12.8 Å². The van der Waals surface area contributed by atoms with Crippen molar-refractivity contribution in [1.82, 2.24) is 5.32 Å². The maximum absolute atomic E-state index is 13.9. The summed E-state index contributed by atoms with van der Waals surface area (Å²) in [5.74, 6) is 0.413. The summed E-state index contributed by atoms with van der Waals surface area (Å²) in [4.78, 5) is 15.8. The molecule has 180 valence electrons. The molecule has 0 unspecified atom stereocenters. The van der Waals surface area contributed by atoms with Crippen LogP contribution in [0.15, 0.2) is 66.7 Å². The molecular weight excluding hydrogens is 482 g/mol. The molecule has 0 saturated carbocycles. The highest BCUT2D eigenvalue weighted by atomic mass is 35.5. The molecular formula is C27H26ClN3O3S. The van der Waals surface area contributed by atoms with E-state index in [1.807, 2.05) is 68.1 Å². The van der Waals surface area contributed by atoms with Crippen molar-refractivity contribution < 1.29 is 14.3 Å². The normalized spacial score (nSPS) is 22.5. The number of aryl methyl sites for hydroxylation is 1. The Morgan fingerprint density at radius 1 is 1.20 bits per heavy atom. The van der Waals surface area contributed by atoms with Crippen LogP contribution in [0.4, 0.5) is 11.4 Å². The zero-order valence-corrected chi connectivity index (χ0v) is 21.2. The third-order valence-corrected chi connectivity index (χ3v) is 7.00. The fourth-order valence-corrected chi connectivity index (χ4v) is 5.49. The summed E-state index contributed by atoms with van der Waals surface area (Å²) in [6, 6.07) is 20.3. The molecule has 8 heteroatoms. The zero-order valence-electron chi connectivity index (χ0n) is 19.7. The molecule has 2 aliphatic rings. The molecule has 35 heavy (non-hydrogen) atoms. The van der Waals surface area contributed by atoms with Crippen LogP contribution in [-0.4, -0.2) is 23.4 Å². The van der Waals surface area contributed by atoms with Gasteiger partial charge in [-0.05, 0) is 81.0 Å². The fraction of sp³-hybridized carbons (Fsp3) is 0.259. The van der Waals surface area contributed by atoms with Crippen LogP contribution in [-0.2, 0) is 4.79 Å². The lowest BCUT2D eigenvalue weighted by Gasteiger charge is -2.56. The Morgan fingerprint density at radius 3 is 2.66 bits per heavy atom. The second-order valence-electron chi connectivity index (χ2n) is 8.84. The number of fused-ring (bicyclic) bond motifs is 4. The lowest BCUT2D eigenvalue weighted by atomic mass is 9.78. The van der Waals surface area contributed by atoms with Crippen molar-refractivity contribution in [3.05, 3.63) is 82.9 Å². The quantitative estimate of drug-likeness (QED) is 0.423. The Hall–Kier alpha value is -3.29. The smallest absolute Gasteiger partial charge is 0.236 e. The first-order valence-corrected chi connectivity index (χ1v) is 12.3. The van der Waals surface area contributed by atoms with Gasteiger partial charge in [0.25, 0.3) is 0 Å². The van der Waals surface area contributed by atoms with Gasteiger partial charge in [-0.15, -0.1) is 0 Å². The number of carbonyl (C=O) groups excluding carboxylic acids is 1. The minimum absolute atomic E-state index is 0.195. The van der Waals surface area contributed by atoms with Crippen molar-refractivity contribution in [3.8, 4) is 11.5 Å². The first kappa shape index (κ1) is 23.5. The summed E-state index contributed by atoms with van der Waals surface area (Å²) in [7, 11) is 0. The van der Waals surface area contributed by atoms with Crippen LogP contribution in [0.2, 0.25) is 5.02 Å². The number of nitrogens with one attached hydrogen (secondary N) is 2. The largest absolute Gasteiger partial charge is 0.490 e. The van der Waals surface area contributed by atoms with Gasteiger partial charge in [0.1, 0.15) is 5.92 Å². The fourth-order valence-electron chi connectivity index (χ4n) is 4.95. The van der Waals surface area contributed by atoms with Crippen molar-refractivity contribution in [2.45, 2.75) is 32.5 Å². The van der Waals surface area contributed by atoms with Gasteiger partial charge in [0.05, 0.1) is 12.6 Å². The first-order valence-electron chi connectivity index (χ1n) is 11.5. The zero-order chi connectivity index (χ0) is 24.7. The van der Waals surface area contributed by atoms with Gasteiger partial charge in [-0.25, -0.2) is 0 Å². The number of halogens is 1. The summed E-state index contributed by atoms with van der Waals surface area (Å²) < 4.78 is 12.6. The molecule has 6 nitrogen and oxygen atoms in total. The molecule has 2 bridgehead atoms. The second-order valence-corrected chi connectivity index (χ2v) is 9.66. The Balaban J connectivity index is 1.64. The van der Waals surface area contributed by atoms with E-state index in [1.54, 1.807) is 24.3 Å². The molecule has 2 aliphatic heterocycles. The van der Waals surface area contributed by atoms with Crippen LogP contribution < -0.4 is 25.0 Å². The minimum Gasteiger partial charge on any atom is -0.490 e. The number of amides is 1. The Morgan fingerprint density at radius 2 is 1.94 bits per heavy atom. The van der Waals surface area contributed by atoms with Gasteiger partial charge in [0.15, 0.2) is 22.3 Å². The molecule has 2 N–H and O–H groups in total. The SMILES string of the molecule is CCOc1cccc2c1O[C@@]1(C)[C@H](C(=O)Nc3ccc(Cl)cc3)[C@@H]2NC(=S)N1c1cccc(C)c1. The number of carbonyl (C=O) groups is 1. The summed E-state index contributed by atoms with van der Waals surface area (Å²) in [5.41, 5.74) is 2.27. The molecule has 0 aliphatic carbocycles. The van der Waals surface area contributed by atoms with Gasteiger partial charge >= 0.3 is 0 Å². The molecule has 1 saturated heterocycles. The number of ether oxygens (including phenoxy) is 2. The van der Waals surface area contributed by atoms with Gasteiger partial charge in [-0.3, -0.25) is 9.69 Å². The lowest BCUT2D eigenvalue weighted by molar-refractivity contribution is -0.130. The van der Waals surface area contributed by atoms with E-state index in [9.17, 15) is 4.79 Å². The summed E-state index contributed by atoms with van der Waals surface area (Å²) in [6.07, 6.45) is 0. The maximum atomic E-state index is 13.9. The van der Waals surface area contributed by atoms with Crippen molar-refractivity contribution >= 4 is 46.2 Å². The number of rotatable bonds is 5. The predicted molar refractivity (Wildman–Crippen MR) is 142 cm³/mol. The number of benzene rings is 3. The Labute approximate surface area is 215 Å². The highest BCUT2D eigenvalue weighted by Crippen LogP contribution is 2.52. The highest BCUT2D eigenvalue weighted by Gasteiger charge is 2.59. The average Bonchev–Trinajstić information content (AvgIpc) is 2.81. The van der Waals surface area contributed by atoms with E-state index in [2.05, 4.69) is 10.6 Å². The molecule has 0 spiro atoms. The number of hydrogen-bond donors (Lipinski definition) is 2. The lowest BCUT2D eigenvalue weighted by Crippen LogP contribution is -2.72. The molecule has 3 aromatic rings. The number of thiocarbonyl (C=S) groups is 1. The topological polar surface area (TPSA) is 62.8 Å². The van der Waals surface area contributed by atoms with Crippen LogP contribution >= 0.6 is 23.8 Å². The summed E-state index contributed by atoms with van der Waals surface area (Å²) in [5, 5.41) is 7.57. The molecule has 2 heterocycles. The van der Waals surface area contributed by atoms with E-state index in [4.69, 9.17) is 33.3 Å². The van der Waals surface area contributed by atoms with Gasteiger partial charge < -0.3 is 20.1 Å².